The Balaban J connectivity index is 3.00. The number of carbonyl (C=O) groups is 1. The Labute approximate surface area is 90.2 Å². The highest BCUT2D eigenvalue weighted by Gasteiger charge is 2.19. The largest absolute Gasteiger partial charge is 0.466 e. The van der Waals surface area contributed by atoms with Crippen molar-refractivity contribution in [3.63, 3.8) is 0 Å². The van der Waals surface area contributed by atoms with Crippen molar-refractivity contribution in [3.05, 3.63) is 33.7 Å². The van der Waals surface area contributed by atoms with Gasteiger partial charge in [-0.05, 0) is 6.92 Å². The van der Waals surface area contributed by atoms with Gasteiger partial charge in [0, 0.05) is 18.0 Å². The average molecular weight is 231 g/mol. The first-order valence-corrected chi connectivity index (χ1v) is 4.70. The SMILES string of the molecule is CCOC(=O)Cc1[nH]ccc(=O)c1C(F)F. The van der Waals surface area contributed by atoms with Gasteiger partial charge in [-0.2, -0.15) is 0 Å². The first kappa shape index (κ1) is 12.4. The van der Waals surface area contributed by atoms with E-state index in [0.29, 0.717) is 0 Å². The summed E-state index contributed by atoms with van der Waals surface area (Å²) >= 11 is 0. The number of carbonyl (C=O) groups excluding carboxylic acids is 1. The van der Waals surface area contributed by atoms with Crippen LogP contribution < -0.4 is 5.43 Å². The second-order valence-corrected chi connectivity index (χ2v) is 3.02. The molecule has 0 atom stereocenters. The summed E-state index contributed by atoms with van der Waals surface area (Å²) < 4.78 is 29.7. The molecule has 0 spiro atoms. The Morgan fingerprint density at radius 1 is 1.56 bits per heavy atom. The van der Waals surface area contributed by atoms with Crippen LogP contribution >= 0.6 is 0 Å². The highest BCUT2D eigenvalue weighted by Crippen LogP contribution is 2.18. The highest BCUT2D eigenvalue weighted by atomic mass is 19.3. The van der Waals surface area contributed by atoms with Gasteiger partial charge in [0.1, 0.15) is 0 Å². The molecule has 1 heterocycles. The summed E-state index contributed by atoms with van der Waals surface area (Å²) in [4.78, 5) is 24.7. The number of aromatic nitrogens is 1. The Hall–Kier alpha value is -1.72. The number of nitrogens with one attached hydrogen (secondary N) is 1. The number of hydrogen-bond donors (Lipinski definition) is 1. The number of pyridine rings is 1. The molecule has 0 radical (unpaired) electrons. The fraction of sp³-hybridized carbons (Fsp3) is 0.400. The quantitative estimate of drug-likeness (QED) is 0.797. The summed E-state index contributed by atoms with van der Waals surface area (Å²) in [5.41, 5.74) is -1.55. The number of H-pyrrole nitrogens is 1. The van der Waals surface area contributed by atoms with Crippen molar-refractivity contribution in [1.29, 1.82) is 0 Å². The molecule has 0 fully saturated rings. The fourth-order valence-electron chi connectivity index (χ4n) is 1.28. The maximum Gasteiger partial charge on any atom is 0.311 e. The van der Waals surface area contributed by atoms with Crippen LogP contribution in [0.25, 0.3) is 0 Å². The zero-order valence-corrected chi connectivity index (χ0v) is 8.63. The molecular formula is C10H11F2NO3. The molecule has 0 saturated carbocycles. The standard InChI is InChI=1S/C10H11F2NO3/c1-2-16-8(15)5-6-9(10(11)12)7(14)3-4-13-6/h3-4,10H,2,5H2,1H3,(H,13,14). The summed E-state index contributed by atoms with van der Waals surface area (Å²) in [6.45, 7) is 1.78. The minimum atomic E-state index is -2.91. The van der Waals surface area contributed by atoms with E-state index in [-0.39, 0.29) is 18.7 Å². The first-order valence-electron chi connectivity index (χ1n) is 4.70. The molecular weight excluding hydrogens is 220 g/mol. The number of esters is 1. The van der Waals surface area contributed by atoms with Crippen molar-refractivity contribution in [2.75, 3.05) is 6.61 Å². The molecule has 0 saturated heterocycles. The van der Waals surface area contributed by atoms with Crippen LogP contribution in [0, 0.1) is 0 Å². The van der Waals surface area contributed by atoms with Crippen molar-refractivity contribution in [2.45, 2.75) is 19.8 Å². The van der Waals surface area contributed by atoms with Crippen LogP contribution in [0.5, 0.6) is 0 Å². The lowest BCUT2D eigenvalue weighted by atomic mass is 10.1. The van der Waals surface area contributed by atoms with Crippen LogP contribution in [-0.4, -0.2) is 17.6 Å². The Morgan fingerprint density at radius 2 is 2.25 bits per heavy atom. The zero-order chi connectivity index (χ0) is 12.1. The lowest BCUT2D eigenvalue weighted by Crippen LogP contribution is -2.17. The van der Waals surface area contributed by atoms with Gasteiger partial charge >= 0.3 is 5.97 Å². The molecule has 0 aliphatic carbocycles. The molecule has 16 heavy (non-hydrogen) atoms. The second-order valence-electron chi connectivity index (χ2n) is 3.02. The number of alkyl halides is 2. The van der Waals surface area contributed by atoms with Gasteiger partial charge in [-0.15, -0.1) is 0 Å². The summed E-state index contributed by atoms with van der Waals surface area (Å²) in [6.07, 6.45) is -2.04. The smallest absolute Gasteiger partial charge is 0.311 e. The predicted octanol–water partition coefficient (Wildman–Crippen LogP) is 1.42. The molecule has 0 bridgehead atoms. The van der Waals surface area contributed by atoms with Crippen LogP contribution in [-0.2, 0) is 16.0 Å². The molecule has 0 aliphatic rings. The van der Waals surface area contributed by atoms with E-state index in [4.69, 9.17) is 0 Å². The number of hydrogen-bond acceptors (Lipinski definition) is 3. The first-order chi connectivity index (χ1) is 7.56. The monoisotopic (exact) mass is 231 g/mol. The van der Waals surface area contributed by atoms with Gasteiger partial charge in [0.15, 0.2) is 5.43 Å². The normalized spacial score (nSPS) is 10.5. The molecule has 88 valence electrons. The van der Waals surface area contributed by atoms with Crippen LogP contribution in [0.15, 0.2) is 17.1 Å². The highest BCUT2D eigenvalue weighted by molar-refractivity contribution is 5.72. The Kier molecular flexibility index (Phi) is 4.16. The third-order valence-corrected chi connectivity index (χ3v) is 1.93. The molecule has 0 aliphatic heterocycles. The number of aromatic amines is 1. The van der Waals surface area contributed by atoms with Gasteiger partial charge in [-0.1, -0.05) is 0 Å². The topological polar surface area (TPSA) is 59.2 Å². The molecule has 1 N–H and O–H groups in total. The molecule has 4 nitrogen and oxygen atoms in total. The van der Waals surface area contributed by atoms with Crippen LogP contribution in [0.3, 0.4) is 0 Å². The van der Waals surface area contributed by atoms with Crippen LogP contribution in [0.2, 0.25) is 0 Å². The predicted molar refractivity (Wildman–Crippen MR) is 52.4 cm³/mol. The van der Waals surface area contributed by atoms with E-state index in [9.17, 15) is 18.4 Å². The summed E-state index contributed by atoms with van der Waals surface area (Å²) in [5.74, 6) is -0.647. The molecule has 1 aromatic heterocycles. The maximum absolute atomic E-state index is 12.6. The van der Waals surface area contributed by atoms with Crippen molar-refractivity contribution >= 4 is 5.97 Å². The van der Waals surface area contributed by atoms with Crippen molar-refractivity contribution < 1.29 is 18.3 Å². The van der Waals surface area contributed by atoms with E-state index in [1.807, 2.05) is 0 Å². The molecule has 0 unspecified atom stereocenters. The number of halogens is 2. The van der Waals surface area contributed by atoms with Gasteiger partial charge in [-0.3, -0.25) is 9.59 Å². The van der Waals surface area contributed by atoms with E-state index in [0.717, 1.165) is 6.07 Å². The number of ether oxygens (including phenoxy) is 1. The minimum Gasteiger partial charge on any atom is -0.466 e. The lowest BCUT2D eigenvalue weighted by Gasteiger charge is -2.07. The van der Waals surface area contributed by atoms with Gasteiger partial charge in [0.2, 0.25) is 0 Å². The van der Waals surface area contributed by atoms with Gasteiger partial charge < -0.3 is 9.72 Å². The maximum atomic E-state index is 12.6. The summed E-state index contributed by atoms with van der Waals surface area (Å²) in [6, 6.07) is 0.996. The van der Waals surface area contributed by atoms with E-state index < -0.39 is 23.4 Å². The third-order valence-electron chi connectivity index (χ3n) is 1.93. The average Bonchev–Trinajstić information content (AvgIpc) is 2.17. The van der Waals surface area contributed by atoms with E-state index in [1.54, 1.807) is 6.92 Å². The van der Waals surface area contributed by atoms with Crippen LogP contribution in [0.1, 0.15) is 24.6 Å². The molecule has 1 aromatic rings. The Morgan fingerprint density at radius 3 is 2.81 bits per heavy atom. The lowest BCUT2D eigenvalue weighted by molar-refractivity contribution is -0.142. The van der Waals surface area contributed by atoms with Gasteiger partial charge in [0.05, 0.1) is 18.6 Å². The fourth-order valence-corrected chi connectivity index (χ4v) is 1.28. The molecule has 1 rings (SSSR count). The third kappa shape index (κ3) is 2.88. The molecule has 6 heteroatoms. The number of rotatable bonds is 4. The van der Waals surface area contributed by atoms with Crippen LogP contribution in [0.4, 0.5) is 8.78 Å². The minimum absolute atomic E-state index is 0.0963. The molecule has 0 amide bonds. The summed E-state index contributed by atoms with van der Waals surface area (Å²) in [7, 11) is 0. The van der Waals surface area contributed by atoms with E-state index in [1.165, 1.54) is 6.20 Å². The van der Waals surface area contributed by atoms with Crippen molar-refractivity contribution in [2.24, 2.45) is 0 Å². The van der Waals surface area contributed by atoms with E-state index >= 15 is 0 Å². The van der Waals surface area contributed by atoms with Crippen molar-refractivity contribution in [3.8, 4) is 0 Å². The van der Waals surface area contributed by atoms with Crippen molar-refractivity contribution in [1.82, 2.24) is 4.98 Å². The Bertz CT molecular complexity index is 428. The zero-order valence-electron chi connectivity index (χ0n) is 8.63. The van der Waals surface area contributed by atoms with E-state index in [2.05, 4.69) is 9.72 Å². The molecule has 0 aromatic carbocycles. The summed E-state index contributed by atoms with van der Waals surface area (Å²) in [5, 5.41) is 0. The van der Waals surface area contributed by atoms with Gasteiger partial charge in [-0.25, -0.2) is 8.78 Å². The van der Waals surface area contributed by atoms with Gasteiger partial charge in [0.25, 0.3) is 6.43 Å². The second kappa shape index (κ2) is 5.39.